The molecule has 2 amide bonds. The summed E-state index contributed by atoms with van der Waals surface area (Å²) in [5.74, 6) is -6.18. The lowest BCUT2D eigenvalue weighted by Gasteiger charge is -2.35. The first-order chi connectivity index (χ1) is 20.9. The molecule has 3 aliphatic rings. The van der Waals surface area contributed by atoms with Crippen molar-refractivity contribution < 1.29 is 36.3 Å². The number of amides is 2. The molecule has 0 saturated carbocycles. The average Bonchev–Trinajstić information content (AvgIpc) is 3.65. The molecule has 14 heteroatoms. The number of piperazine rings is 1. The van der Waals surface area contributed by atoms with Crippen LogP contribution in [0.2, 0.25) is 5.02 Å². The van der Waals surface area contributed by atoms with Gasteiger partial charge in [0, 0.05) is 72.1 Å². The third-order valence-electron chi connectivity index (χ3n) is 8.64. The zero-order valence-corrected chi connectivity index (χ0v) is 24.3. The standard InChI is InChI=1S/C30H27ClF5N5O3/c1-39-12-18-9-17(39)13-40(18)23-7-8-37-27(25(23)30(34,35)36)41-14-20(24-21(32)10-19(44-2)11-22(24)33)26(29(41)43)38-28(42)15-3-5-16(31)6-4-15/h3-8,10-11,17-18,20,26H,9,12-14H2,1-2H3,(H,38,42)/t17-,18-,20-,26-/m0/s1. The van der Waals surface area contributed by atoms with E-state index in [1.165, 1.54) is 43.6 Å². The molecule has 4 heterocycles. The zero-order valence-electron chi connectivity index (χ0n) is 23.5. The summed E-state index contributed by atoms with van der Waals surface area (Å²) in [6.45, 7) is 0.365. The van der Waals surface area contributed by atoms with Gasteiger partial charge in [0.05, 0.1) is 12.8 Å². The maximum absolute atomic E-state index is 15.4. The number of nitrogens with zero attached hydrogens (tertiary/aromatic N) is 4. The van der Waals surface area contributed by atoms with Crippen LogP contribution in [0.3, 0.4) is 0 Å². The molecule has 0 unspecified atom stereocenters. The van der Waals surface area contributed by atoms with Gasteiger partial charge in [-0.15, -0.1) is 0 Å². The van der Waals surface area contributed by atoms with E-state index in [4.69, 9.17) is 16.3 Å². The molecule has 1 aromatic heterocycles. The van der Waals surface area contributed by atoms with Crippen molar-refractivity contribution in [3.63, 3.8) is 0 Å². The highest BCUT2D eigenvalue weighted by molar-refractivity contribution is 6.30. The molecule has 3 aromatic rings. The number of halogens is 6. The zero-order chi connectivity index (χ0) is 31.5. The number of likely N-dealkylation sites (tertiary alicyclic amines) is 1. The number of nitrogens with one attached hydrogen (secondary N) is 1. The van der Waals surface area contributed by atoms with Gasteiger partial charge in [0.15, 0.2) is 0 Å². The number of pyridine rings is 1. The Labute approximate surface area is 254 Å². The van der Waals surface area contributed by atoms with Crippen LogP contribution in [-0.4, -0.2) is 73.6 Å². The van der Waals surface area contributed by atoms with E-state index in [0.29, 0.717) is 24.5 Å². The molecule has 3 fully saturated rings. The molecule has 2 bridgehead atoms. The molecule has 3 saturated heterocycles. The van der Waals surface area contributed by atoms with Crippen LogP contribution in [-0.2, 0) is 11.0 Å². The minimum absolute atomic E-state index is 0.0835. The van der Waals surface area contributed by atoms with Gasteiger partial charge in [-0.2, -0.15) is 13.2 Å². The smallest absolute Gasteiger partial charge is 0.421 e. The molecular formula is C30H27ClF5N5O3. The van der Waals surface area contributed by atoms with E-state index in [0.717, 1.165) is 17.0 Å². The lowest BCUT2D eigenvalue weighted by molar-refractivity contribution is -0.136. The summed E-state index contributed by atoms with van der Waals surface area (Å²) in [6, 6.07) is 7.03. The number of methoxy groups -OCH3 is 1. The third kappa shape index (κ3) is 5.21. The Hall–Kier alpha value is -3.97. The SMILES string of the molecule is COc1cc(F)c([C@@H]2CN(c3nccc(N4C[C@@H]5C[C@H]4CN5C)c3C(F)(F)F)C(=O)[C@H]2NC(=O)c2ccc(Cl)cc2)c(F)c1. The van der Waals surface area contributed by atoms with Gasteiger partial charge in [-0.05, 0) is 43.8 Å². The van der Waals surface area contributed by atoms with Gasteiger partial charge in [-0.1, -0.05) is 11.6 Å². The Bertz CT molecular complexity index is 1600. The van der Waals surface area contributed by atoms with Gasteiger partial charge < -0.3 is 15.0 Å². The predicted octanol–water partition coefficient (Wildman–Crippen LogP) is 4.86. The molecule has 0 spiro atoms. The second kappa shape index (κ2) is 11.2. The van der Waals surface area contributed by atoms with Crippen LogP contribution in [0.5, 0.6) is 5.75 Å². The Morgan fingerprint density at radius 1 is 1.05 bits per heavy atom. The van der Waals surface area contributed by atoms with E-state index in [1.807, 2.05) is 7.05 Å². The molecular weight excluding hydrogens is 609 g/mol. The fourth-order valence-corrected chi connectivity index (χ4v) is 6.65. The highest BCUT2D eigenvalue weighted by Gasteiger charge is 2.51. The summed E-state index contributed by atoms with van der Waals surface area (Å²) < 4.78 is 80.1. The molecule has 8 nitrogen and oxygen atoms in total. The number of benzene rings is 2. The molecule has 0 aliphatic carbocycles. The number of carbonyl (C=O) groups is 2. The summed E-state index contributed by atoms with van der Waals surface area (Å²) in [4.78, 5) is 35.6. The van der Waals surface area contributed by atoms with Crippen LogP contribution in [0.4, 0.5) is 33.5 Å². The lowest BCUT2D eigenvalue weighted by Crippen LogP contribution is -2.46. The molecule has 0 radical (unpaired) electrons. The normalized spacial score (nSPS) is 23.5. The van der Waals surface area contributed by atoms with Crippen molar-refractivity contribution in [3.8, 4) is 5.75 Å². The van der Waals surface area contributed by atoms with Crippen LogP contribution < -0.4 is 19.9 Å². The van der Waals surface area contributed by atoms with E-state index < -0.39 is 65.1 Å². The van der Waals surface area contributed by atoms with E-state index in [9.17, 15) is 22.8 Å². The Balaban J connectivity index is 1.43. The van der Waals surface area contributed by atoms with E-state index in [2.05, 4.69) is 15.2 Å². The Morgan fingerprint density at radius 2 is 1.73 bits per heavy atom. The van der Waals surface area contributed by atoms with Crippen molar-refractivity contribution in [1.82, 2.24) is 15.2 Å². The third-order valence-corrected chi connectivity index (χ3v) is 8.89. The highest BCUT2D eigenvalue weighted by atomic mass is 35.5. The second-order valence-corrected chi connectivity index (χ2v) is 11.6. The fourth-order valence-electron chi connectivity index (χ4n) is 6.52. The van der Waals surface area contributed by atoms with Crippen molar-refractivity contribution in [2.45, 2.75) is 36.6 Å². The molecule has 6 rings (SSSR count). The molecule has 2 aromatic carbocycles. The number of ether oxygens (including phenoxy) is 1. The van der Waals surface area contributed by atoms with E-state index >= 15 is 8.78 Å². The first-order valence-electron chi connectivity index (χ1n) is 13.8. The maximum atomic E-state index is 15.4. The van der Waals surface area contributed by atoms with Gasteiger partial charge >= 0.3 is 6.18 Å². The quantitative estimate of drug-likeness (QED) is 0.390. The van der Waals surface area contributed by atoms with Crippen molar-refractivity contribution in [2.24, 2.45) is 0 Å². The van der Waals surface area contributed by atoms with Crippen molar-refractivity contribution in [1.29, 1.82) is 0 Å². The van der Waals surface area contributed by atoms with Gasteiger partial charge in [0.2, 0.25) is 0 Å². The number of fused-ring (bicyclic) bond motifs is 2. The molecule has 1 N–H and O–H groups in total. The summed E-state index contributed by atoms with van der Waals surface area (Å²) in [5, 5.41) is 2.83. The van der Waals surface area contributed by atoms with Gasteiger partial charge in [-0.3, -0.25) is 19.4 Å². The van der Waals surface area contributed by atoms with Crippen LogP contribution in [0.1, 0.15) is 33.8 Å². The van der Waals surface area contributed by atoms with Gasteiger partial charge in [-0.25, -0.2) is 13.8 Å². The first-order valence-corrected chi connectivity index (χ1v) is 14.2. The van der Waals surface area contributed by atoms with E-state index in [1.54, 1.807) is 4.90 Å². The molecule has 44 heavy (non-hydrogen) atoms. The van der Waals surface area contributed by atoms with Crippen molar-refractivity contribution >= 4 is 34.9 Å². The number of carbonyl (C=O) groups excluding carboxylic acids is 2. The molecule has 232 valence electrons. The van der Waals surface area contributed by atoms with Gasteiger partial charge in [0.1, 0.15) is 34.8 Å². The predicted molar refractivity (Wildman–Crippen MR) is 152 cm³/mol. The number of hydrogen-bond donors (Lipinski definition) is 1. The van der Waals surface area contributed by atoms with Crippen molar-refractivity contribution in [2.75, 3.05) is 43.6 Å². The monoisotopic (exact) mass is 635 g/mol. The Morgan fingerprint density at radius 3 is 2.30 bits per heavy atom. The lowest BCUT2D eigenvalue weighted by atomic mass is 9.92. The number of likely N-dealkylation sites (N-methyl/N-ethyl adjacent to an activating group) is 1. The van der Waals surface area contributed by atoms with Crippen LogP contribution in [0.15, 0.2) is 48.7 Å². The van der Waals surface area contributed by atoms with Crippen LogP contribution >= 0.6 is 11.6 Å². The average molecular weight is 636 g/mol. The van der Waals surface area contributed by atoms with E-state index in [-0.39, 0.29) is 29.1 Å². The summed E-state index contributed by atoms with van der Waals surface area (Å²) in [5.41, 5.74) is -1.74. The van der Waals surface area contributed by atoms with Gasteiger partial charge in [0.25, 0.3) is 11.8 Å². The summed E-state index contributed by atoms with van der Waals surface area (Å²) in [7, 11) is 3.13. The number of rotatable bonds is 6. The molecule has 3 aliphatic heterocycles. The first kappa shape index (κ1) is 30.1. The summed E-state index contributed by atoms with van der Waals surface area (Å²) >= 11 is 5.91. The Kier molecular flexibility index (Phi) is 7.65. The maximum Gasteiger partial charge on any atom is 0.421 e. The number of aromatic nitrogens is 1. The summed E-state index contributed by atoms with van der Waals surface area (Å²) in [6.07, 6.45) is -3.04. The molecule has 4 atom stereocenters. The highest BCUT2D eigenvalue weighted by Crippen LogP contribution is 2.47. The largest absolute Gasteiger partial charge is 0.497 e. The number of hydrogen-bond acceptors (Lipinski definition) is 6. The van der Waals surface area contributed by atoms with Crippen LogP contribution in [0, 0.1) is 11.6 Å². The fraction of sp³-hybridized carbons (Fsp3) is 0.367. The minimum atomic E-state index is -4.93. The number of alkyl halides is 3. The van der Waals surface area contributed by atoms with Crippen LogP contribution in [0.25, 0.3) is 0 Å². The topological polar surface area (TPSA) is 78.0 Å². The van der Waals surface area contributed by atoms with Crippen molar-refractivity contribution in [3.05, 3.63) is 82.0 Å². The minimum Gasteiger partial charge on any atom is -0.497 e. The second-order valence-electron chi connectivity index (χ2n) is 11.2. The number of anilines is 2.